The van der Waals surface area contributed by atoms with Gasteiger partial charge in [-0.25, -0.2) is 4.79 Å². The van der Waals surface area contributed by atoms with Crippen molar-refractivity contribution >= 4 is 18.0 Å². The van der Waals surface area contributed by atoms with E-state index in [1.807, 2.05) is 4.90 Å². The first-order valence-electron chi connectivity index (χ1n) is 28.0. The average molecular weight is 891 g/mol. The number of amides is 1. The summed E-state index contributed by atoms with van der Waals surface area (Å²) in [6.07, 6.45) is 49.0. The number of carbonyl (C=O) groups is 3. The maximum atomic E-state index is 12.9. The Bertz CT molecular complexity index is 1010. The highest BCUT2D eigenvalue weighted by Gasteiger charge is 2.21. The van der Waals surface area contributed by atoms with Crippen molar-refractivity contribution in [3.8, 4) is 0 Å². The summed E-state index contributed by atoms with van der Waals surface area (Å²) < 4.78 is 16.7. The van der Waals surface area contributed by atoms with Gasteiger partial charge in [-0.3, -0.25) is 9.59 Å². The van der Waals surface area contributed by atoms with E-state index >= 15 is 0 Å². The molecule has 1 unspecified atom stereocenters. The minimum absolute atomic E-state index is 0.0177. The van der Waals surface area contributed by atoms with E-state index in [-0.39, 0.29) is 24.1 Å². The van der Waals surface area contributed by atoms with Gasteiger partial charge in [-0.05, 0) is 83.8 Å². The van der Waals surface area contributed by atoms with E-state index in [1.165, 1.54) is 199 Å². The highest BCUT2D eigenvalue weighted by atomic mass is 16.6. The van der Waals surface area contributed by atoms with Crippen molar-refractivity contribution < 1.29 is 28.6 Å². The summed E-state index contributed by atoms with van der Waals surface area (Å²) in [5.41, 5.74) is 0. The Kier molecular flexibility index (Phi) is 43.9. The van der Waals surface area contributed by atoms with Gasteiger partial charge in [0.2, 0.25) is 0 Å². The summed E-state index contributed by atoms with van der Waals surface area (Å²) in [7, 11) is 0. The number of carbonyl (C=O) groups excluding carboxylic acids is 3. The van der Waals surface area contributed by atoms with Crippen LogP contribution in [-0.2, 0) is 23.8 Å². The summed E-state index contributed by atoms with van der Waals surface area (Å²) >= 11 is 0. The first-order valence-corrected chi connectivity index (χ1v) is 28.0. The molecule has 0 aromatic rings. The molecule has 0 aromatic carbocycles. The molecule has 0 radical (unpaired) electrons. The minimum atomic E-state index is -0.160. The highest BCUT2D eigenvalue weighted by molar-refractivity contribution is 5.70. The van der Waals surface area contributed by atoms with Gasteiger partial charge in [-0.2, -0.15) is 0 Å². The molecule has 1 aliphatic rings. The summed E-state index contributed by atoms with van der Waals surface area (Å²) in [5.74, 6) is 0.0137. The van der Waals surface area contributed by atoms with E-state index in [1.54, 1.807) is 0 Å². The van der Waals surface area contributed by atoms with Crippen molar-refractivity contribution in [1.29, 1.82) is 0 Å². The van der Waals surface area contributed by atoms with Crippen LogP contribution in [0.25, 0.3) is 0 Å². The largest absolute Gasteiger partial charge is 0.466 e. The van der Waals surface area contributed by atoms with Gasteiger partial charge in [0.1, 0.15) is 12.7 Å². The van der Waals surface area contributed by atoms with E-state index in [4.69, 9.17) is 14.2 Å². The third-order valence-electron chi connectivity index (χ3n) is 13.3. The van der Waals surface area contributed by atoms with Crippen molar-refractivity contribution in [3.63, 3.8) is 0 Å². The van der Waals surface area contributed by atoms with Gasteiger partial charge in [-0.15, -0.1) is 0 Å². The Hall–Kier alpha value is -1.83. The molecule has 1 rings (SSSR count). The monoisotopic (exact) mass is 891 g/mol. The Morgan fingerprint density at radius 1 is 0.492 bits per heavy atom. The van der Waals surface area contributed by atoms with Crippen molar-refractivity contribution in [2.75, 3.05) is 45.9 Å². The van der Waals surface area contributed by atoms with Gasteiger partial charge >= 0.3 is 18.0 Å². The van der Waals surface area contributed by atoms with E-state index in [9.17, 15) is 14.4 Å². The lowest BCUT2D eigenvalue weighted by Gasteiger charge is -2.23. The molecule has 0 spiro atoms. The molecule has 1 amide bonds. The lowest BCUT2D eigenvalue weighted by atomic mass is 10.0. The zero-order chi connectivity index (χ0) is 45.5. The van der Waals surface area contributed by atoms with Crippen molar-refractivity contribution in [1.82, 2.24) is 9.80 Å². The number of unbranched alkanes of at least 4 members (excludes halogenated alkanes) is 31. The van der Waals surface area contributed by atoms with Crippen molar-refractivity contribution in [2.24, 2.45) is 0 Å². The van der Waals surface area contributed by atoms with Crippen LogP contribution < -0.4 is 0 Å². The lowest BCUT2D eigenvalue weighted by Crippen LogP contribution is -2.32. The smallest absolute Gasteiger partial charge is 0.409 e. The number of hydrogen-bond donors (Lipinski definition) is 0. The summed E-state index contributed by atoms with van der Waals surface area (Å²) in [6, 6.07) is 0. The summed E-state index contributed by atoms with van der Waals surface area (Å²) in [5, 5.41) is 0. The number of hydrogen-bond acceptors (Lipinski definition) is 7. The van der Waals surface area contributed by atoms with Crippen LogP contribution in [0, 0.1) is 0 Å². The Balaban J connectivity index is 2.21. The van der Waals surface area contributed by atoms with Gasteiger partial charge in [-0.1, -0.05) is 207 Å². The fourth-order valence-corrected chi connectivity index (χ4v) is 9.09. The fourth-order valence-electron chi connectivity index (χ4n) is 9.09. The zero-order valence-electron chi connectivity index (χ0n) is 42.4. The summed E-state index contributed by atoms with van der Waals surface area (Å²) in [4.78, 5) is 41.4. The molecular weight excluding hydrogens is 785 g/mol. The van der Waals surface area contributed by atoms with Crippen LogP contribution in [-0.4, -0.2) is 79.9 Å². The molecular formula is C55H106N2O6. The van der Waals surface area contributed by atoms with Crippen LogP contribution in [0.15, 0.2) is 0 Å². The second-order valence-corrected chi connectivity index (χ2v) is 19.4. The average Bonchev–Trinajstić information content (AvgIpc) is 3.69. The molecule has 0 aromatic heterocycles. The van der Waals surface area contributed by atoms with E-state index in [0.717, 1.165) is 84.1 Å². The topological polar surface area (TPSA) is 85.4 Å². The van der Waals surface area contributed by atoms with Crippen LogP contribution in [0.1, 0.15) is 284 Å². The Labute approximate surface area is 391 Å². The number of cyclic esters (lactones) is 1. The van der Waals surface area contributed by atoms with E-state index in [2.05, 4.69) is 25.7 Å². The number of ether oxygens (including phenoxy) is 3. The molecule has 0 aliphatic carbocycles. The molecule has 372 valence electrons. The molecule has 8 nitrogen and oxygen atoms in total. The molecule has 0 N–H and O–H groups in total. The van der Waals surface area contributed by atoms with E-state index in [0.29, 0.717) is 26.1 Å². The first kappa shape index (κ1) is 59.2. The standard InChI is InChI=1S/C55H106N2O6/c1-4-7-10-13-16-18-25-32-39-50-61-53(58)43-35-28-22-24-31-38-46-56(47-40-48-57-49-51-62-55(57)60)45-37-30-23-19-21-29-36-44-54(59)63-52(41-33-26-15-12-9-6-3)42-34-27-20-17-14-11-8-5-2/h52H,4-51H2,1-3H3. The van der Waals surface area contributed by atoms with Crippen LogP contribution in [0.4, 0.5) is 4.79 Å². The number of nitrogens with zero attached hydrogens (tertiary/aromatic N) is 2. The molecule has 1 aliphatic heterocycles. The molecule has 1 saturated heterocycles. The van der Waals surface area contributed by atoms with Gasteiger partial charge in [0.15, 0.2) is 0 Å². The maximum Gasteiger partial charge on any atom is 0.409 e. The van der Waals surface area contributed by atoms with Gasteiger partial charge in [0, 0.05) is 19.4 Å². The lowest BCUT2D eigenvalue weighted by molar-refractivity contribution is -0.150. The van der Waals surface area contributed by atoms with Crippen molar-refractivity contribution in [3.05, 3.63) is 0 Å². The minimum Gasteiger partial charge on any atom is -0.466 e. The van der Waals surface area contributed by atoms with Crippen LogP contribution >= 0.6 is 0 Å². The molecule has 1 heterocycles. The van der Waals surface area contributed by atoms with Gasteiger partial charge in [0.05, 0.1) is 13.2 Å². The van der Waals surface area contributed by atoms with E-state index < -0.39 is 0 Å². The first-order chi connectivity index (χ1) is 31.0. The van der Waals surface area contributed by atoms with Gasteiger partial charge < -0.3 is 24.0 Å². The zero-order valence-corrected chi connectivity index (χ0v) is 42.4. The third kappa shape index (κ3) is 40.2. The number of esters is 2. The molecule has 1 atom stereocenters. The molecule has 0 saturated carbocycles. The quantitative estimate of drug-likeness (QED) is 0.0342. The molecule has 8 heteroatoms. The molecule has 63 heavy (non-hydrogen) atoms. The second kappa shape index (κ2) is 46.7. The maximum absolute atomic E-state index is 12.9. The van der Waals surface area contributed by atoms with Gasteiger partial charge in [0.25, 0.3) is 0 Å². The van der Waals surface area contributed by atoms with Crippen LogP contribution in [0.3, 0.4) is 0 Å². The molecule has 1 fully saturated rings. The normalized spacial score (nSPS) is 13.3. The molecule has 0 bridgehead atoms. The second-order valence-electron chi connectivity index (χ2n) is 19.4. The fraction of sp³-hybridized carbons (Fsp3) is 0.945. The number of rotatable bonds is 50. The SMILES string of the molecule is CCCCCCCCCCCOC(=O)CCCCCCCCN(CCCCCCCCCC(=O)OC(CCCCCCCC)CCCCCCCCCC)CCCN1CCOC1=O. The summed E-state index contributed by atoms with van der Waals surface area (Å²) in [6.45, 7) is 12.7. The Morgan fingerprint density at radius 2 is 0.873 bits per heavy atom. The predicted octanol–water partition coefficient (Wildman–Crippen LogP) is 16.2. The Morgan fingerprint density at radius 3 is 1.32 bits per heavy atom. The van der Waals surface area contributed by atoms with Crippen LogP contribution in [0.2, 0.25) is 0 Å². The predicted molar refractivity (Wildman–Crippen MR) is 267 cm³/mol. The highest BCUT2D eigenvalue weighted by Crippen LogP contribution is 2.19. The van der Waals surface area contributed by atoms with Crippen LogP contribution in [0.5, 0.6) is 0 Å². The van der Waals surface area contributed by atoms with Crippen molar-refractivity contribution in [2.45, 2.75) is 290 Å². The third-order valence-corrected chi connectivity index (χ3v) is 13.3.